The number of benzene rings is 2. The molecule has 0 spiro atoms. The summed E-state index contributed by atoms with van der Waals surface area (Å²) in [6, 6.07) is 7.12. The molecule has 112 valence electrons. The van der Waals surface area contributed by atoms with Gasteiger partial charge >= 0.3 is 0 Å². The molecule has 2 nitrogen and oxygen atoms in total. The van der Waals surface area contributed by atoms with E-state index >= 15 is 0 Å². The van der Waals surface area contributed by atoms with Gasteiger partial charge in [0, 0.05) is 11.6 Å². The normalized spacial score (nSPS) is 12.3. The molecule has 2 aromatic carbocycles. The van der Waals surface area contributed by atoms with E-state index in [0.29, 0.717) is 22.4 Å². The molecule has 2 aromatic rings. The summed E-state index contributed by atoms with van der Waals surface area (Å²) < 4.78 is 33.2. The van der Waals surface area contributed by atoms with Crippen LogP contribution in [0.15, 0.2) is 34.8 Å². The molecule has 5 heteroatoms. The topological polar surface area (TPSA) is 29.5 Å². The maximum absolute atomic E-state index is 13.8. The van der Waals surface area contributed by atoms with E-state index in [1.807, 2.05) is 6.92 Å². The number of rotatable bonds is 4. The first-order valence-corrected chi connectivity index (χ1v) is 7.29. The standard InChI is InChI=1S/C16H15BrF2O2/c1-3-21-15-5-4-10(7-12(15)17)16(20)11-6-9(2)13(18)8-14(11)19/h4-8,16,20H,3H2,1-2H3. The zero-order chi connectivity index (χ0) is 15.6. The molecule has 21 heavy (non-hydrogen) atoms. The molecule has 0 bridgehead atoms. The number of aliphatic hydroxyl groups excluding tert-OH is 1. The van der Waals surface area contributed by atoms with Crippen molar-refractivity contribution in [2.75, 3.05) is 6.61 Å². The van der Waals surface area contributed by atoms with Gasteiger partial charge in [-0.3, -0.25) is 0 Å². The van der Waals surface area contributed by atoms with E-state index in [4.69, 9.17) is 4.74 Å². The first-order valence-electron chi connectivity index (χ1n) is 6.50. The van der Waals surface area contributed by atoms with Gasteiger partial charge in [0.2, 0.25) is 0 Å². The SMILES string of the molecule is CCOc1ccc(C(O)c2cc(C)c(F)cc2F)cc1Br. The fourth-order valence-corrected chi connectivity index (χ4v) is 2.54. The Kier molecular flexibility index (Phi) is 4.96. The first-order chi connectivity index (χ1) is 9.93. The molecular weight excluding hydrogens is 342 g/mol. The molecule has 0 aromatic heterocycles. The summed E-state index contributed by atoms with van der Waals surface area (Å²) in [6.45, 7) is 3.91. The van der Waals surface area contributed by atoms with Crippen LogP contribution in [0.3, 0.4) is 0 Å². The lowest BCUT2D eigenvalue weighted by Crippen LogP contribution is -2.05. The molecule has 0 fully saturated rings. The summed E-state index contributed by atoms with van der Waals surface area (Å²) in [5.74, 6) is -0.754. The molecule has 0 aliphatic rings. The molecule has 0 aliphatic carbocycles. The Morgan fingerprint density at radius 2 is 1.90 bits per heavy atom. The van der Waals surface area contributed by atoms with Crippen molar-refractivity contribution in [2.45, 2.75) is 20.0 Å². The zero-order valence-corrected chi connectivity index (χ0v) is 13.2. The number of hydrogen-bond donors (Lipinski definition) is 1. The second-order valence-electron chi connectivity index (χ2n) is 4.65. The summed E-state index contributed by atoms with van der Waals surface area (Å²) in [5, 5.41) is 10.3. The molecule has 1 unspecified atom stereocenters. The van der Waals surface area contributed by atoms with E-state index in [0.717, 1.165) is 6.07 Å². The third-order valence-corrected chi connectivity index (χ3v) is 3.76. The number of aliphatic hydroxyl groups is 1. The quantitative estimate of drug-likeness (QED) is 0.872. The van der Waals surface area contributed by atoms with Crippen LogP contribution in [-0.2, 0) is 0 Å². The lowest BCUT2D eigenvalue weighted by molar-refractivity contribution is 0.214. The molecule has 0 radical (unpaired) electrons. The van der Waals surface area contributed by atoms with Crippen LogP contribution in [0.4, 0.5) is 8.78 Å². The summed E-state index contributed by atoms with van der Waals surface area (Å²) in [6.07, 6.45) is -1.17. The lowest BCUT2D eigenvalue weighted by Gasteiger charge is -2.15. The van der Waals surface area contributed by atoms with Gasteiger partial charge < -0.3 is 9.84 Å². The zero-order valence-electron chi connectivity index (χ0n) is 11.7. The smallest absolute Gasteiger partial charge is 0.133 e. The van der Waals surface area contributed by atoms with E-state index in [1.54, 1.807) is 18.2 Å². The van der Waals surface area contributed by atoms with Crippen molar-refractivity contribution in [2.24, 2.45) is 0 Å². The molecule has 0 saturated carbocycles. The van der Waals surface area contributed by atoms with Gasteiger partial charge in [-0.25, -0.2) is 8.78 Å². The highest BCUT2D eigenvalue weighted by molar-refractivity contribution is 9.10. The van der Waals surface area contributed by atoms with Crippen molar-refractivity contribution >= 4 is 15.9 Å². The van der Waals surface area contributed by atoms with Gasteiger partial charge in [0.15, 0.2) is 0 Å². The van der Waals surface area contributed by atoms with E-state index < -0.39 is 17.7 Å². The second kappa shape index (κ2) is 6.54. The fourth-order valence-electron chi connectivity index (χ4n) is 2.03. The molecule has 0 aliphatic heterocycles. The van der Waals surface area contributed by atoms with Crippen molar-refractivity contribution in [1.82, 2.24) is 0 Å². The maximum Gasteiger partial charge on any atom is 0.133 e. The van der Waals surface area contributed by atoms with Gasteiger partial charge in [-0.1, -0.05) is 6.07 Å². The van der Waals surface area contributed by atoms with Crippen molar-refractivity contribution in [1.29, 1.82) is 0 Å². The third-order valence-electron chi connectivity index (χ3n) is 3.14. The molecule has 0 saturated heterocycles. The van der Waals surface area contributed by atoms with Crippen molar-refractivity contribution in [3.63, 3.8) is 0 Å². The molecule has 0 heterocycles. The van der Waals surface area contributed by atoms with Crippen molar-refractivity contribution < 1.29 is 18.6 Å². The minimum atomic E-state index is -1.17. The van der Waals surface area contributed by atoms with Crippen molar-refractivity contribution in [3.05, 3.63) is 63.1 Å². The van der Waals surface area contributed by atoms with Gasteiger partial charge in [0.05, 0.1) is 11.1 Å². The average molecular weight is 357 g/mol. The average Bonchev–Trinajstić information content (AvgIpc) is 2.44. The van der Waals surface area contributed by atoms with Crippen molar-refractivity contribution in [3.8, 4) is 5.75 Å². The van der Waals surface area contributed by atoms with Gasteiger partial charge in [0.25, 0.3) is 0 Å². The van der Waals surface area contributed by atoms with Crippen LogP contribution in [0.2, 0.25) is 0 Å². The maximum atomic E-state index is 13.8. The Balaban J connectivity index is 2.38. The van der Waals surface area contributed by atoms with Crippen LogP contribution in [0.1, 0.15) is 29.7 Å². The second-order valence-corrected chi connectivity index (χ2v) is 5.50. The van der Waals surface area contributed by atoms with Crippen LogP contribution >= 0.6 is 15.9 Å². The number of hydrogen-bond acceptors (Lipinski definition) is 2. The van der Waals surface area contributed by atoms with Gasteiger partial charge in [0.1, 0.15) is 23.5 Å². The Bertz CT molecular complexity index is 659. The fraction of sp³-hybridized carbons (Fsp3) is 0.250. The highest BCUT2D eigenvalue weighted by Gasteiger charge is 2.18. The number of ether oxygens (including phenoxy) is 1. The van der Waals surface area contributed by atoms with Gasteiger partial charge in [-0.05, 0) is 59.1 Å². The predicted octanol–water partition coefficient (Wildman–Crippen LogP) is 4.52. The minimum absolute atomic E-state index is 0.0463. The summed E-state index contributed by atoms with van der Waals surface area (Å²) in [4.78, 5) is 0. The molecule has 1 N–H and O–H groups in total. The highest BCUT2D eigenvalue weighted by Crippen LogP contribution is 2.32. The molecule has 2 rings (SSSR count). The van der Waals surface area contributed by atoms with Crippen LogP contribution in [0.5, 0.6) is 5.75 Å². The third kappa shape index (κ3) is 3.41. The van der Waals surface area contributed by atoms with Gasteiger partial charge in [-0.2, -0.15) is 0 Å². The Labute approximate surface area is 130 Å². The highest BCUT2D eigenvalue weighted by atomic mass is 79.9. The van der Waals surface area contributed by atoms with Crippen LogP contribution in [-0.4, -0.2) is 11.7 Å². The summed E-state index contributed by atoms with van der Waals surface area (Å²) in [5.41, 5.74) is 0.829. The Morgan fingerprint density at radius 3 is 2.52 bits per heavy atom. The van der Waals surface area contributed by atoms with Crippen LogP contribution in [0, 0.1) is 18.6 Å². The summed E-state index contributed by atoms with van der Waals surface area (Å²) in [7, 11) is 0. The number of aryl methyl sites for hydroxylation is 1. The molecular formula is C16H15BrF2O2. The van der Waals surface area contributed by atoms with Gasteiger partial charge in [-0.15, -0.1) is 0 Å². The summed E-state index contributed by atoms with van der Waals surface area (Å²) >= 11 is 3.34. The Hall–Kier alpha value is -1.46. The predicted molar refractivity (Wildman–Crippen MR) is 80.5 cm³/mol. The van der Waals surface area contributed by atoms with E-state index in [2.05, 4.69) is 15.9 Å². The van der Waals surface area contributed by atoms with Crippen LogP contribution < -0.4 is 4.74 Å². The van der Waals surface area contributed by atoms with Crippen LogP contribution in [0.25, 0.3) is 0 Å². The van der Waals surface area contributed by atoms with E-state index in [-0.39, 0.29) is 11.1 Å². The molecule has 0 amide bonds. The Morgan fingerprint density at radius 1 is 1.19 bits per heavy atom. The van der Waals surface area contributed by atoms with E-state index in [9.17, 15) is 13.9 Å². The lowest BCUT2D eigenvalue weighted by atomic mass is 9.99. The monoisotopic (exact) mass is 356 g/mol. The van der Waals surface area contributed by atoms with E-state index in [1.165, 1.54) is 13.0 Å². The number of halogens is 3. The minimum Gasteiger partial charge on any atom is -0.493 e. The molecule has 1 atom stereocenters. The largest absolute Gasteiger partial charge is 0.493 e. The first kappa shape index (κ1) is 15.9.